The highest BCUT2D eigenvalue weighted by Gasteiger charge is 2.24. The van der Waals surface area contributed by atoms with Crippen LogP contribution in [0.5, 0.6) is 0 Å². The minimum Gasteiger partial charge on any atom is -0.397 e. The largest absolute Gasteiger partial charge is 0.397 e. The number of rotatable bonds is 3. The molecule has 1 aromatic heterocycles. The van der Waals surface area contributed by atoms with Gasteiger partial charge < -0.3 is 14.4 Å². The minimum atomic E-state index is -0.309. The Balaban J connectivity index is 0.000000615. The average Bonchev–Trinajstić information content (AvgIpc) is 2.92. The van der Waals surface area contributed by atoms with Crippen LogP contribution in [-0.4, -0.2) is 47.7 Å². The first-order valence-corrected chi connectivity index (χ1v) is 7.51. The van der Waals surface area contributed by atoms with Crippen molar-refractivity contribution in [1.29, 1.82) is 0 Å². The number of piperidine rings is 1. The molecule has 1 aromatic carbocycles. The Bertz CT molecular complexity index is 612. The fraction of sp³-hybridized carbons (Fsp3) is 0.500. The molecule has 1 fully saturated rings. The monoisotopic (exact) mass is 344 g/mol. The van der Waals surface area contributed by atoms with E-state index in [-0.39, 0.29) is 24.8 Å². The Kier molecular flexibility index (Phi) is 8.16. The van der Waals surface area contributed by atoms with Crippen molar-refractivity contribution in [2.75, 3.05) is 26.2 Å². The van der Waals surface area contributed by atoms with Crippen molar-refractivity contribution in [1.82, 2.24) is 10.1 Å². The van der Waals surface area contributed by atoms with Crippen LogP contribution >= 0.6 is 12.4 Å². The zero-order valence-corrected chi connectivity index (χ0v) is 13.9. The maximum atomic E-state index is 13.1. The fourth-order valence-corrected chi connectivity index (χ4v) is 2.72. The number of benzene rings is 1. The summed E-state index contributed by atoms with van der Waals surface area (Å²) in [6.45, 7) is 4.20. The number of aliphatic hydroxyl groups is 1. The number of halogens is 2. The molecule has 1 aliphatic heterocycles. The maximum Gasteiger partial charge on any atom is 0.170 e. The predicted octanol–water partition coefficient (Wildman–Crippen LogP) is 2.77. The van der Waals surface area contributed by atoms with E-state index in [4.69, 9.17) is 9.63 Å². The molecule has 0 amide bonds. The number of likely N-dealkylation sites (tertiary alicyclic amines) is 1. The Morgan fingerprint density at radius 1 is 1.43 bits per heavy atom. The summed E-state index contributed by atoms with van der Waals surface area (Å²) in [5, 5.41) is 12.6. The van der Waals surface area contributed by atoms with Crippen LogP contribution in [0.2, 0.25) is 0 Å². The summed E-state index contributed by atoms with van der Waals surface area (Å²) in [6.07, 6.45) is 2.84. The summed E-state index contributed by atoms with van der Waals surface area (Å²) in [6, 6.07) is 4.53. The van der Waals surface area contributed by atoms with Gasteiger partial charge in [-0.15, -0.1) is 12.4 Å². The minimum absolute atomic E-state index is 0. The summed E-state index contributed by atoms with van der Waals surface area (Å²) in [5.41, 5.74) is 1.42. The van der Waals surface area contributed by atoms with Gasteiger partial charge in [-0.25, -0.2) is 4.39 Å². The number of aliphatic hydroxyl groups excluding tert-OH is 1. The van der Waals surface area contributed by atoms with Gasteiger partial charge in [-0.3, -0.25) is 4.90 Å². The van der Waals surface area contributed by atoms with Gasteiger partial charge in [0.25, 0.3) is 0 Å². The van der Waals surface area contributed by atoms with E-state index < -0.39 is 0 Å². The van der Waals surface area contributed by atoms with Crippen LogP contribution in [0.1, 0.15) is 31.4 Å². The number of aldehydes is 1. The van der Waals surface area contributed by atoms with Gasteiger partial charge >= 0.3 is 0 Å². The number of nitrogens with zero attached hydrogens (tertiary/aromatic N) is 2. The molecule has 1 N–H and O–H groups in total. The summed E-state index contributed by atoms with van der Waals surface area (Å²) in [7, 11) is 0. The van der Waals surface area contributed by atoms with Crippen molar-refractivity contribution in [2.24, 2.45) is 0 Å². The van der Waals surface area contributed by atoms with Gasteiger partial charge in [-0.1, -0.05) is 5.16 Å². The molecular weight excluding hydrogens is 323 g/mol. The molecule has 7 heteroatoms. The van der Waals surface area contributed by atoms with Crippen molar-refractivity contribution < 1.29 is 18.8 Å². The number of hydrogen-bond acceptors (Lipinski definition) is 5. The summed E-state index contributed by atoms with van der Waals surface area (Å²) >= 11 is 0. The molecule has 128 valence electrons. The van der Waals surface area contributed by atoms with Crippen molar-refractivity contribution in [3.05, 3.63) is 29.7 Å². The molecule has 0 atom stereocenters. The molecule has 0 radical (unpaired) electrons. The second-order valence-electron chi connectivity index (χ2n) is 5.27. The predicted molar refractivity (Wildman–Crippen MR) is 88.5 cm³/mol. The van der Waals surface area contributed by atoms with E-state index in [0.717, 1.165) is 43.3 Å². The van der Waals surface area contributed by atoms with Gasteiger partial charge in [0, 0.05) is 24.0 Å². The van der Waals surface area contributed by atoms with E-state index in [0.29, 0.717) is 18.0 Å². The molecule has 3 rings (SSSR count). The number of carbonyl (C=O) groups excluding carboxylic acids is 1. The van der Waals surface area contributed by atoms with Gasteiger partial charge in [0.15, 0.2) is 5.58 Å². The van der Waals surface area contributed by atoms with Crippen molar-refractivity contribution in [2.45, 2.75) is 25.7 Å². The maximum absolute atomic E-state index is 13.1. The first-order valence-electron chi connectivity index (χ1n) is 7.51. The Morgan fingerprint density at radius 2 is 2.09 bits per heavy atom. The third kappa shape index (κ3) is 4.99. The van der Waals surface area contributed by atoms with E-state index in [1.54, 1.807) is 13.0 Å². The number of fused-ring (bicyclic) bond motifs is 1. The molecule has 5 nitrogen and oxygen atoms in total. The third-order valence-corrected chi connectivity index (χ3v) is 3.77. The molecule has 1 aliphatic rings. The van der Waals surface area contributed by atoms with Crippen LogP contribution in [0, 0.1) is 5.82 Å². The molecule has 23 heavy (non-hydrogen) atoms. The lowest BCUT2D eigenvalue weighted by Gasteiger charge is -2.29. The highest BCUT2D eigenvalue weighted by Crippen LogP contribution is 2.32. The standard InChI is InChI=1S/C14H15FN2O2.C2H6O.ClH/c15-11-1-2-12-13(9-11)19-16-14(12)10-3-5-17(6-4-10)7-8-18;1-2-3;/h1-2,8-10H,3-7H2;3H,2H2,1H3;1H. The van der Waals surface area contributed by atoms with E-state index in [2.05, 4.69) is 10.1 Å². The molecule has 2 aromatic rings. The van der Waals surface area contributed by atoms with Crippen molar-refractivity contribution in [3.63, 3.8) is 0 Å². The quantitative estimate of drug-likeness (QED) is 0.867. The molecule has 2 heterocycles. The third-order valence-electron chi connectivity index (χ3n) is 3.77. The summed E-state index contributed by atoms with van der Waals surface area (Å²) < 4.78 is 18.3. The normalized spacial score (nSPS) is 15.6. The first-order chi connectivity index (χ1) is 10.7. The SMILES string of the molecule is CCO.Cl.O=CCN1CCC(c2noc3cc(F)ccc23)CC1. The highest BCUT2D eigenvalue weighted by molar-refractivity contribution is 5.85. The van der Waals surface area contributed by atoms with Crippen LogP contribution in [0.15, 0.2) is 22.7 Å². The average molecular weight is 345 g/mol. The second kappa shape index (κ2) is 9.60. The second-order valence-corrected chi connectivity index (χ2v) is 5.27. The Labute approximate surface area is 140 Å². The zero-order chi connectivity index (χ0) is 15.9. The lowest BCUT2D eigenvalue weighted by molar-refractivity contribution is -0.109. The Hall–Kier alpha value is -1.50. The van der Waals surface area contributed by atoms with Crippen LogP contribution < -0.4 is 0 Å². The van der Waals surface area contributed by atoms with Crippen LogP contribution in [0.3, 0.4) is 0 Å². The summed E-state index contributed by atoms with van der Waals surface area (Å²) in [4.78, 5) is 12.6. The molecule has 0 aliphatic carbocycles. The van der Waals surface area contributed by atoms with Gasteiger partial charge in [-0.05, 0) is 45.0 Å². The lowest BCUT2D eigenvalue weighted by Crippen LogP contribution is -2.34. The van der Waals surface area contributed by atoms with Crippen LogP contribution in [-0.2, 0) is 4.79 Å². The van der Waals surface area contributed by atoms with Gasteiger partial charge in [0.1, 0.15) is 12.1 Å². The molecule has 0 bridgehead atoms. The van der Waals surface area contributed by atoms with Gasteiger partial charge in [-0.2, -0.15) is 0 Å². The van der Waals surface area contributed by atoms with Crippen molar-refractivity contribution in [3.8, 4) is 0 Å². The van der Waals surface area contributed by atoms with Crippen LogP contribution in [0.4, 0.5) is 4.39 Å². The Morgan fingerprint density at radius 3 is 2.70 bits per heavy atom. The van der Waals surface area contributed by atoms with Crippen molar-refractivity contribution >= 4 is 29.7 Å². The molecule has 0 saturated carbocycles. The lowest BCUT2D eigenvalue weighted by atomic mass is 9.91. The molecular formula is C16H22ClFN2O3. The highest BCUT2D eigenvalue weighted by atomic mass is 35.5. The van der Waals surface area contributed by atoms with E-state index in [1.165, 1.54) is 12.1 Å². The topological polar surface area (TPSA) is 66.6 Å². The molecule has 0 spiro atoms. The molecule has 1 saturated heterocycles. The van der Waals surface area contributed by atoms with Gasteiger partial charge in [0.05, 0.1) is 12.2 Å². The fourth-order valence-electron chi connectivity index (χ4n) is 2.72. The zero-order valence-electron chi connectivity index (χ0n) is 13.1. The number of aromatic nitrogens is 1. The van der Waals surface area contributed by atoms with E-state index >= 15 is 0 Å². The summed E-state index contributed by atoms with van der Waals surface area (Å²) in [5.74, 6) is 0.0191. The smallest absolute Gasteiger partial charge is 0.170 e. The van der Waals surface area contributed by atoms with Crippen LogP contribution in [0.25, 0.3) is 11.0 Å². The van der Waals surface area contributed by atoms with Gasteiger partial charge in [0.2, 0.25) is 0 Å². The number of carbonyl (C=O) groups is 1. The van der Waals surface area contributed by atoms with E-state index in [1.807, 2.05) is 0 Å². The van der Waals surface area contributed by atoms with E-state index in [9.17, 15) is 9.18 Å². The molecule has 0 unspecified atom stereocenters. The number of hydrogen-bond donors (Lipinski definition) is 1. The first kappa shape index (κ1) is 19.5.